The number of benzene rings is 2. The van der Waals surface area contributed by atoms with Crippen molar-refractivity contribution in [2.75, 3.05) is 13.1 Å². The van der Waals surface area contributed by atoms with Gasteiger partial charge in [-0.25, -0.2) is 0 Å². The lowest BCUT2D eigenvalue weighted by Gasteiger charge is -2.11. The van der Waals surface area contributed by atoms with Gasteiger partial charge in [-0.05, 0) is 48.9 Å². The van der Waals surface area contributed by atoms with Crippen molar-refractivity contribution < 1.29 is 38.8 Å². The summed E-state index contributed by atoms with van der Waals surface area (Å²) < 4.78 is 3.80. The van der Waals surface area contributed by atoms with Gasteiger partial charge >= 0.3 is 14.2 Å². The number of rotatable bonds is 16. The Bertz CT molecular complexity index is 1960. The molecular formula is C39H44B2N4O6+2. The van der Waals surface area contributed by atoms with Crippen molar-refractivity contribution in [2.45, 2.75) is 33.4 Å². The van der Waals surface area contributed by atoms with E-state index in [1.54, 1.807) is 55.6 Å². The lowest BCUT2D eigenvalue weighted by molar-refractivity contribution is -0.689. The zero-order chi connectivity index (χ0) is 36.9. The number of allylic oxidation sites excluding steroid dienone is 5. The van der Waals surface area contributed by atoms with Crippen molar-refractivity contribution in [3.63, 3.8) is 0 Å². The van der Waals surface area contributed by atoms with Gasteiger partial charge in [-0.1, -0.05) is 86.0 Å². The third kappa shape index (κ3) is 10.8. The molecule has 0 aliphatic carbocycles. The van der Waals surface area contributed by atoms with E-state index in [1.165, 1.54) is 0 Å². The normalized spacial score (nSPS) is 11.3. The summed E-state index contributed by atoms with van der Waals surface area (Å²) in [6.45, 7) is 12.3. The fourth-order valence-corrected chi connectivity index (χ4v) is 5.58. The van der Waals surface area contributed by atoms with Crippen LogP contribution in [0.5, 0.6) is 0 Å². The Morgan fingerprint density at radius 3 is 1.80 bits per heavy atom. The summed E-state index contributed by atoms with van der Waals surface area (Å²) in [7, 11) is -3.31. The highest BCUT2D eigenvalue weighted by Gasteiger charge is 2.23. The van der Waals surface area contributed by atoms with Gasteiger partial charge in [0.15, 0.2) is 37.9 Å². The predicted octanol–water partition coefficient (Wildman–Crippen LogP) is 1.34. The van der Waals surface area contributed by atoms with E-state index in [2.05, 4.69) is 23.8 Å². The summed E-state index contributed by atoms with van der Waals surface area (Å²) in [5, 5.41) is 45.9. The molecule has 0 radical (unpaired) electrons. The molecule has 0 spiro atoms. The predicted molar refractivity (Wildman–Crippen MR) is 201 cm³/mol. The molecule has 2 aromatic heterocycles. The van der Waals surface area contributed by atoms with Crippen LogP contribution in [0.3, 0.4) is 0 Å². The lowest BCUT2D eigenvalue weighted by atomic mass is 9.77. The van der Waals surface area contributed by atoms with Gasteiger partial charge in [0.25, 0.3) is 5.91 Å². The second-order valence-electron chi connectivity index (χ2n) is 12.1. The van der Waals surface area contributed by atoms with Gasteiger partial charge < -0.3 is 30.7 Å². The van der Waals surface area contributed by atoms with Crippen LogP contribution >= 0.6 is 0 Å². The molecule has 0 saturated heterocycles. The highest BCUT2D eigenvalue weighted by atomic mass is 16.4. The van der Waals surface area contributed by atoms with Crippen LogP contribution in [0.25, 0.3) is 16.7 Å². The minimum Gasteiger partial charge on any atom is -0.423 e. The van der Waals surface area contributed by atoms with E-state index < -0.39 is 14.2 Å². The van der Waals surface area contributed by atoms with E-state index >= 15 is 0 Å². The number of hydrogen-bond donors (Lipinski definition) is 6. The molecule has 0 bridgehead atoms. The van der Waals surface area contributed by atoms with E-state index in [0.29, 0.717) is 59.2 Å². The first-order chi connectivity index (χ1) is 24.5. The second-order valence-corrected chi connectivity index (χ2v) is 12.1. The van der Waals surface area contributed by atoms with Crippen molar-refractivity contribution >= 4 is 42.5 Å². The molecule has 0 saturated carbocycles. The van der Waals surface area contributed by atoms with E-state index in [4.69, 9.17) is 0 Å². The van der Waals surface area contributed by atoms with Crippen molar-refractivity contribution in [3.8, 4) is 11.1 Å². The molecule has 0 aliphatic heterocycles. The van der Waals surface area contributed by atoms with E-state index in [9.17, 15) is 29.7 Å². The topological polar surface area (TPSA) is 147 Å². The average Bonchev–Trinajstić information content (AvgIpc) is 3.11. The van der Waals surface area contributed by atoms with Gasteiger partial charge in [0.2, 0.25) is 5.91 Å². The Kier molecular flexibility index (Phi) is 14.0. The zero-order valence-corrected chi connectivity index (χ0v) is 29.0. The van der Waals surface area contributed by atoms with Gasteiger partial charge in [0, 0.05) is 35.4 Å². The summed E-state index contributed by atoms with van der Waals surface area (Å²) in [5.41, 5.74) is 6.24. The third-order valence-electron chi connectivity index (χ3n) is 8.18. The Morgan fingerprint density at radius 1 is 0.784 bits per heavy atom. The molecule has 2 aromatic carbocycles. The molecule has 0 aliphatic rings. The molecule has 6 N–H and O–H groups in total. The minimum atomic E-state index is -1.67. The quantitative estimate of drug-likeness (QED) is 0.0345. The van der Waals surface area contributed by atoms with Crippen LogP contribution < -0.4 is 30.7 Å². The number of nitrogens with one attached hydrogen (secondary N) is 2. The number of hydrogen-bond acceptors (Lipinski definition) is 6. The highest BCUT2D eigenvalue weighted by Crippen LogP contribution is 2.24. The molecule has 4 rings (SSSR count). The first-order valence-electron chi connectivity index (χ1n) is 16.6. The molecule has 2 heterocycles. The molecule has 2 amide bonds. The van der Waals surface area contributed by atoms with Crippen LogP contribution in [0.2, 0.25) is 0 Å². The van der Waals surface area contributed by atoms with Crippen LogP contribution in [0.15, 0.2) is 128 Å². The maximum atomic E-state index is 13.6. The van der Waals surface area contributed by atoms with Crippen LogP contribution in [-0.4, -0.2) is 59.2 Å². The van der Waals surface area contributed by atoms with E-state index in [0.717, 1.165) is 22.3 Å². The van der Waals surface area contributed by atoms with Gasteiger partial charge in [0.1, 0.15) is 5.56 Å². The summed E-state index contributed by atoms with van der Waals surface area (Å²) in [5.74, 6) is -0.551. The number of carbonyl (C=O) groups excluding carboxylic acids is 2. The summed E-state index contributed by atoms with van der Waals surface area (Å²) in [4.78, 5) is 25.4. The van der Waals surface area contributed by atoms with Crippen LogP contribution in [-0.2, 0) is 17.9 Å². The Labute approximate surface area is 299 Å². The fourth-order valence-electron chi connectivity index (χ4n) is 5.58. The molecule has 0 unspecified atom stereocenters. The first-order valence-corrected chi connectivity index (χ1v) is 16.6. The number of pyridine rings is 2. The molecule has 10 nitrogen and oxygen atoms in total. The Hall–Kier alpha value is -5.39. The largest absolute Gasteiger partial charge is 0.488 e. The van der Waals surface area contributed by atoms with Crippen molar-refractivity contribution in [1.29, 1.82) is 0 Å². The van der Waals surface area contributed by atoms with Crippen molar-refractivity contribution in [3.05, 3.63) is 151 Å². The number of aromatic nitrogens is 2. The molecule has 260 valence electrons. The number of amides is 2. The van der Waals surface area contributed by atoms with E-state index in [1.807, 2.05) is 77.1 Å². The smallest absolute Gasteiger partial charge is 0.423 e. The Morgan fingerprint density at radius 2 is 1.29 bits per heavy atom. The second kappa shape index (κ2) is 18.6. The van der Waals surface area contributed by atoms with Gasteiger partial charge in [0.05, 0.1) is 11.1 Å². The monoisotopic (exact) mass is 686 g/mol. The van der Waals surface area contributed by atoms with Crippen LogP contribution in [0.1, 0.15) is 47.3 Å². The lowest BCUT2D eigenvalue weighted by Crippen LogP contribution is -2.42. The molecule has 12 heteroatoms. The minimum absolute atomic E-state index is 0.236. The first kappa shape index (κ1) is 38.4. The maximum absolute atomic E-state index is 13.6. The van der Waals surface area contributed by atoms with Gasteiger partial charge in [-0.3, -0.25) is 9.59 Å². The fraction of sp³-hybridized carbons (Fsp3) is 0.179. The highest BCUT2D eigenvalue weighted by molar-refractivity contribution is 6.59. The summed E-state index contributed by atoms with van der Waals surface area (Å²) in [6.07, 6.45) is 15.5. The number of carbonyl (C=O) groups is 2. The average molecular weight is 686 g/mol. The maximum Gasteiger partial charge on any atom is 0.488 e. The molecule has 0 atom stereocenters. The third-order valence-corrected chi connectivity index (χ3v) is 8.18. The van der Waals surface area contributed by atoms with Crippen molar-refractivity contribution in [1.82, 2.24) is 10.6 Å². The summed E-state index contributed by atoms with van der Waals surface area (Å²) in [6, 6.07) is 17.9. The molecule has 51 heavy (non-hydrogen) atoms. The Balaban J connectivity index is 1.80. The molecular weight excluding hydrogens is 642 g/mol. The SMILES string of the molecule is C=C/C=C\C(=C/C)c1cc(-c2cc(C(=O)NCCCNC(=O)C(=C)C)c[n+](Cc3ccccc3B(O)O)c2)c[n+](Cc2ccccc2B(O)O)c1. The van der Waals surface area contributed by atoms with Crippen molar-refractivity contribution in [2.24, 2.45) is 0 Å². The van der Waals surface area contributed by atoms with Crippen LogP contribution in [0.4, 0.5) is 0 Å². The summed E-state index contributed by atoms with van der Waals surface area (Å²) >= 11 is 0. The molecule has 0 fully saturated rings. The number of nitrogens with zero attached hydrogens (tertiary/aromatic N) is 2. The van der Waals surface area contributed by atoms with Gasteiger partial charge in [-0.2, -0.15) is 9.13 Å². The molecule has 4 aromatic rings. The van der Waals surface area contributed by atoms with Gasteiger partial charge in [-0.15, -0.1) is 0 Å². The van der Waals surface area contributed by atoms with Crippen LogP contribution in [0, 0.1) is 0 Å². The standard InChI is InChI=1S/C39H42B2N4O6/c1-5-7-13-29(6-2)32-20-33(25-44(24-32)22-30-14-8-10-16-36(30)40(48)49)34-21-35(39(47)43-19-12-18-42-38(46)28(3)4)27-45(26-34)23-31-15-9-11-17-37(31)41(50)51/h5-11,13-17,20-21,24-27,48-51H,1,3,12,18-19,22-23H2,2,4H3/p+2/b13-7-,29-6+. The van der Waals surface area contributed by atoms with E-state index in [-0.39, 0.29) is 18.4 Å². The zero-order valence-electron chi connectivity index (χ0n) is 29.0.